The van der Waals surface area contributed by atoms with Gasteiger partial charge in [-0.15, -0.1) is 0 Å². The summed E-state index contributed by atoms with van der Waals surface area (Å²) < 4.78 is 24.2. The molecule has 0 fully saturated rings. The second-order valence-corrected chi connectivity index (χ2v) is 5.90. The molecule has 1 N–H and O–H groups in total. The number of rotatable bonds is 5. The third kappa shape index (κ3) is 3.31. The van der Waals surface area contributed by atoms with Crippen LogP contribution in [0.25, 0.3) is 11.3 Å². The summed E-state index contributed by atoms with van der Waals surface area (Å²) in [4.78, 5) is 12.5. The molecule has 6 nitrogen and oxygen atoms in total. The van der Waals surface area contributed by atoms with Gasteiger partial charge in [0, 0.05) is 18.0 Å². The third-order valence-corrected chi connectivity index (χ3v) is 4.08. The van der Waals surface area contributed by atoms with Crippen LogP contribution >= 0.6 is 0 Å². The fourth-order valence-corrected chi connectivity index (χ4v) is 2.88. The minimum absolute atomic E-state index is 0.0203. The molecule has 0 saturated heterocycles. The minimum Gasteiger partial charge on any atom is -0.361 e. The Morgan fingerprint density at radius 3 is 2.72 bits per heavy atom. The van der Waals surface area contributed by atoms with Crippen LogP contribution < -0.4 is 5.32 Å². The fraction of sp³-hybridized carbons (Fsp3) is 0.278. The Kier molecular flexibility index (Phi) is 4.65. The van der Waals surface area contributed by atoms with Crippen LogP contribution in [0.4, 0.5) is 4.39 Å². The molecular weight excluding hydrogens is 325 g/mol. The van der Waals surface area contributed by atoms with E-state index in [0.29, 0.717) is 6.54 Å². The molecule has 7 heteroatoms. The van der Waals surface area contributed by atoms with Gasteiger partial charge in [-0.1, -0.05) is 29.4 Å². The van der Waals surface area contributed by atoms with Gasteiger partial charge in [-0.2, -0.15) is 0 Å². The molecule has 0 spiro atoms. The topological polar surface area (TPSA) is 81.2 Å². The van der Waals surface area contributed by atoms with Crippen LogP contribution in [0.1, 0.15) is 40.2 Å². The molecular formula is C18H18FN3O3. The lowest BCUT2D eigenvalue weighted by Gasteiger charge is -2.12. The monoisotopic (exact) mass is 343 g/mol. The van der Waals surface area contributed by atoms with E-state index in [1.165, 1.54) is 12.3 Å². The lowest BCUT2D eigenvalue weighted by atomic mass is 9.99. The summed E-state index contributed by atoms with van der Waals surface area (Å²) in [7, 11) is 0. The Balaban J connectivity index is 1.75. The van der Waals surface area contributed by atoms with Gasteiger partial charge in [0.1, 0.15) is 17.1 Å². The quantitative estimate of drug-likeness (QED) is 0.765. The van der Waals surface area contributed by atoms with Crippen LogP contribution in [-0.2, 0) is 0 Å². The van der Waals surface area contributed by atoms with Crippen molar-refractivity contribution < 1.29 is 18.2 Å². The minimum atomic E-state index is -0.475. The molecule has 25 heavy (non-hydrogen) atoms. The van der Waals surface area contributed by atoms with E-state index < -0.39 is 5.82 Å². The molecule has 0 saturated carbocycles. The predicted octanol–water partition coefficient (Wildman–Crippen LogP) is 3.62. The van der Waals surface area contributed by atoms with E-state index in [-0.39, 0.29) is 28.7 Å². The van der Waals surface area contributed by atoms with E-state index in [0.717, 1.165) is 17.0 Å². The van der Waals surface area contributed by atoms with Crippen molar-refractivity contribution in [3.05, 3.63) is 58.9 Å². The number of aryl methyl sites for hydroxylation is 2. The number of carbonyl (C=O) groups excluding carboxylic acids is 1. The molecule has 0 unspecified atom stereocenters. The predicted molar refractivity (Wildman–Crippen MR) is 88.6 cm³/mol. The molecule has 0 aliphatic heterocycles. The maximum Gasteiger partial charge on any atom is 0.256 e. The lowest BCUT2D eigenvalue weighted by molar-refractivity contribution is 0.0951. The molecule has 0 bridgehead atoms. The number of amides is 1. The second-order valence-electron chi connectivity index (χ2n) is 5.90. The molecule has 0 aliphatic rings. The van der Waals surface area contributed by atoms with E-state index in [4.69, 9.17) is 9.05 Å². The van der Waals surface area contributed by atoms with Gasteiger partial charge >= 0.3 is 0 Å². The first-order chi connectivity index (χ1) is 12.0. The number of nitrogens with zero attached hydrogens (tertiary/aromatic N) is 2. The highest BCUT2D eigenvalue weighted by molar-refractivity contribution is 5.99. The van der Waals surface area contributed by atoms with Gasteiger partial charge < -0.3 is 14.4 Å². The average molecular weight is 343 g/mol. The van der Waals surface area contributed by atoms with Crippen molar-refractivity contribution in [1.29, 1.82) is 0 Å². The molecule has 0 radical (unpaired) electrons. The number of nitrogens with one attached hydrogen (secondary N) is 1. The first-order valence-electron chi connectivity index (χ1n) is 7.89. The maximum atomic E-state index is 13.9. The van der Waals surface area contributed by atoms with Crippen LogP contribution in [0.2, 0.25) is 0 Å². The van der Waals surface area contributed by atoms with Crippen molar-refractivity contribution >= 4 is 5.91 Å². The van der Waals surface area contributed by atoms with Gasteiger partial charge in [-0.3, -0.25) is 4.79 Å². The Hall–Kier alpha value is -2.96. The average Bonchev–Trinajstić information content (AvgIpc) is 3.20. The van der Waals surface area contributed by atoms with Crippen molar-refractivity contribution in [2.45, 2.75) is 26.7 Å². The molecule has 130 valence electrons. The third-order valence-electron chi connectivity index (χ3n) is 4.08. The number of aromatic nitrogens is 2. The Morgan fingerprint density at radius 1 is 1.28 bits per heavy atom. The second kappa shape index (κ2) is 6.88. The van der Waals surface area contributed by atoms with E-state index in [9.17, 15) is 9.18 Å². The molecule has 3 aromatic rings. The molecule has 1 amide bonds. The number of carbonyl (C=O) groups is 1. The molecule has 1 atom stereocenters. The van der Waals surface area contributed by atoms with Gasteiger partial charge in [0.15, 0.2) is 5.76 Å². The number of halogens is 1. The lowest BCUT2D eigenvalue weighted by Crippen LogP contribution is -2.28. The normalized spacial score (nSPS) is 12.2. The van der Waals surface area contributed by atoms with Crippen molar-refractivity contribution in [2.75, 3.05) is 6.54 Å². The zero-order valence-electron chi connectivity index (χ0n) is 14.2. The zero-order chi connectivity index (χ0) is 18.0. The summed E-state index contributed by atoms with van der Waals surface area (Å²) in [6, 6.07) is 6.08. The maximum absolute atomic E-state index is 13.9. The smallest absolute Gasteiger partial charge is 0.256 e. The number of hydrogen-bond donors (Lipinski definition) is 1. The molecule has 2 heterocycles. The molecule has 3 rings (SSSR count). The van der Waals surface area contributed by atoms with Gasteiger partial charge in [-0.05, 0) is 26.0 Å². The van der Waals surface area contributed by atoms with Crippen molar-refractivity contribution in [1.82, 2.24) is 15.6 Å². The highest BCUT2D eigenvalue weighted by atomic mass is 19.1. The van der Waals surface area contributed by atoms with Crippen LogP contribution in [0.5, 0.6) is 0 Å². The summed E-state index contributed by atoms with van der Waals surface area (Å²) >= 11 is 0. The van der Waals surface area contributed by atoms with Crippen LogP contribution in [-0.4, -0.2) is 22.8 Å². The van der Waals surface area contributed by atoms with E-state index in [1.807, 2.05) is 20.8 Å². The van der Waals surface area contributed by atoms with Gasteiger partial charge in [0.05, 0.1) is 17.5 Å². The highest BCUT2D eigenvalue weighted by Gasteiger charge is 2.22. The Bertz CT molecular complexity index is 881. The SMILES string of the molecule is Cc1noc(C)c1[C@@H](C)CNC(=O)c1cnoc1-c1ccccc1F. The summed E-state index contributed by atoms with van der Waals surface area (Å²) in [5.74, 6) is 0.0133. The standard InChI is InChI=1S/C18H18FN3O3/c1-10(16-11(2)22-24-12(16)3)8-20-18(23)14-9-21-25-17(14)13-6-4-5-7-15(13)19/h4-7,9-10H,8H2,1-3H3,(H,20,23)/t10-/m0/s1. The Morgan fingerprint density at radius 2 is 2.04 bits per heavy atom. The summed E-state index contributed by atoms with van der Waals surface area (Å²) in [5.41, 5.74) is 2.16. The van der Waals surface area contributed by atoms with Crippen LogP contribution in [0, 0.1) is 19.7 Å². The summed E-state index contributed by atoms with van der Waals surface area (Å²) in [6.45, 7) is 6.05. The van der Waals surface area contributed by atoms with E-state index in [2.05, 4.69) is 15.6 Å². The first-order valence-corrected chi connectivity index (χ1v) is 7.89. The van der Waals surface area contributed by atoms with E-state index in [1.54, 1.807) is 18.2 Å². The van der Waals surface area contributed by atoms with Crippen molar-refractivity contribution in [3.8, 4) is 11.3 Å². The van der Waals surface area contributed by atoms with Crippen molar-refractivity contribution in [2.24, 2.45) is 0 Å². The Labute approximate surface area is 144 Å². The van der Waals surface area contributed by atoms with Crippen molar-refractivity contribution in [3.63, 3.8) is 0 Å². The number of benzene rings is 1. The van der Waals surface area contributed by atoms with Gasteiger partial charge in [0.2, 0.25) is 0 Å². The zero-order valence-corrected chi connectivity index (χ0v) is 14.2. The largest absolute Gasteiger partial charge is 0.361 e. The summed E-state index contributed by atoms with van der Waals surface area (Å²) in [5, 5.41) is 10.4. The summed E-state index contributed by atoms with van der Waals surface area (Å²) in [6.07, 6.45) is 1.29. The first kappa shape index (κ1) is 16.9. The molecule has 0 aliphatic carbocycles. The van der Waals surface area contributed by atoms with Gasteiger partial charge in [-0.25, -0.2) is 4.39 Å². The van der Waals surface area contributed by atoms with E-state index >= 15 is 0 Å². The van der Waals surface area contributed by atoms with Crippen LogP contribution in [0.3, 0.4) is 0 Å². The fourth-order valence-electron chi connectivity index (χ4n) is 2.88. The highest BCUT2D eigenvalue weighted by Crippen LogP contribution is 2.26. The number of hydrogen-bond acceptors (Lipinski definition) is 5. The van der Waals surface area contributed by atoms with Gasteiger partial charge in [0.25, 0.3) is 5.91 Å². The van der Waals surface area contributed by atoms with Crippen LogP contribution in [0.15, 0.2) is 39.5 Å². The molecule has 2 aromatic heterocycles. The molecule has 1 aromatic carbocycles.